The molecule has 0 amide bonds. The van der Waals surface area contributed by atoms with Crippen LogP contribution in [0.25, 0.3) is 0 Å². The molecule has 60 valence electrons. The zero-order valence-corrected chi connectivity index (χ0v) is 9.59. The number of phenols is 1. The predicted molar refractivity (Wildman–Crippen MR) is 53.3 cm³/mol. The molecule has 0 fully saturated rings. The van der Waals surface area contributed by atoms with Crippen molar-refractivity contribution in [2.75, 3.05) is 0 Å². The highest BCUT2D eigenvalue weighted by atomic mass is 79.9. The van der Waals surface area contributed by atoms with E-state index in [9.17, 15) is 5.11 Å². The average molecular weight is 300 g/mol. The Balaban J connectivity index is 3.46. The Morgan fingerprint density at radius 3 is 2.55 bits per heavy atom. The van der Waals surface area contributed by atoms with Gasteiger partial charge in [0.2, 0.25) is 0 Å². The Kier molecular flexibility index (Phi) is 2.84. The number of rotatable bonds is 0. The Labute approximate surface area is 86.6 Å². The first-order valence-corrected chi connectivity index (χ1v) is 4.83. The summed E-state index contributed by atoms with van der Waals surface area (Å²) in [6, 6.07) is 1.60. The van der Waals surface area contributed by atoms with Crippen molar-refractivity contribution in [3.8, 4) is 5.75 Å². The maximum Gasteiger partial charge on any atom is 0.121 e. The summed E-state index contributed by atoms with van der Waals surface area (Å²) in [7, 11) is 0. The monoisotopic (exact) mass is 298 g/mol. The minimum absolute atomic E-state index is 0.199. The van der Waals surface area contributed by atoms with Crippen LogP contribution in [0.1, 0.15) is 5.56 Å². The summed E-state index contributed by atoms with van der Waals surface area (Å²) in [6.45, 7) is 1.76. The van der Waals surface area contributed by atoms with Crippen LogP contribution in [0.15, 0.2) is 15.0 Å². The third-order valence-electron chi connectivity index (χ3n) is 1.38. The van der Waals surface area contributed by atoms with Gasteiger partial charge in [0.25, 0.3) is 0 Å². The third-order valence-corrected chi connectivity index (χ3v) is 4.06. The van der Waals surface area contributed by atoms with Crippen molar-refractivity contribution in [3.05, 3.63) is 25.6 Å². The molecule has 0 aromatic heterocycles. The molecule has 11 heavy (non-hydrogen) atoms. The van der Waals surface area contributed by atoms with E-state index in [0.717, 1.165) is 8.95 Å². The van der Waals surface area contributed by atoms with Crippen LogP contribution < -0.4 is 0 Å². The van der Waals surface area contributed by atoms with Crippen molar-refractivity contribution in [1.82, 2.24) is 0 Å². The first-order chi connectivity index (χ1) is 5.04. The molecule has 0 aliphatic carbocycles. The van der Waals surface area contributed by atoms with Crippen molar-refractivity contribution in [1.29, 1.82) is 0 Å². The SMILES string of the molecule is Cc1c(O)cc(Br)c(Br)c1Cl. The molecule has 0 heterocycles. The van der Waals surface area contributed by atoms with Crippen molar-refractivity contribution in [2.45, 2.75) is 6.92 Å². The zero-order valence-electron chi connectivity index (χ0n) is 5.66. The Hall–Kier alpha value is 0.270. The fourth-order valence-electron chi connectivity index (χ4n) is 0.674. The molecule has 1 N–H and O–H groups in total. The highest BCUT2D eigenvalue weighted by Crippen LogP contribution is 2.37. The van der Waals surface area contributed by atoms with Gasteiger partial charge in [-0.1, -0.05) is 11.6 Å². The number of benzene rings is 1. The summed E-state index contributed by atoms with van der Waals surface area (Å²) in [5.74, 6) is 0.199. The summed E-state index contributed by atoms with van der Waals surface area (Å²) in [5.41, 5.74) is 0.682. The van der Waals surface area contributed by atoms with Crippen molar-refractivity contribution < 1.29 is 5.11 Å². The van der Waals surface area contributed by atoms with E-state index < -0.39 is 0 Å². The molecule has 0 spiro atoms. The van der Waals surface area contributed by atoms with Gasteiger partial charge in [0.1, 0.15) is 5.75 Å². The Bertz CT molecular complexity index is 273. The van der Waals surface area contributed by atoms with Gasteiger partial charge in [0.05, 0.1) is 9.50 Å². The maximum absolute atomic E-state index is 9.27. The van der Waals surface area contributed by atoms with Crippen molar-refractivity contribution >= 4 is 43.5 Å². The minimum Gasteiger partial charge on any atom is -0.508 e. The number of hydrogen-bond donors (Lipinski definition) is 1. The fourth-order valence-corrected chi connectivity index (χ4v) is 1.81. The lowest BCUT2D eigenvalue weighted by Crippen LogP contribution is -1.80. The van der Waals surface area contributed by atoms with Crippen LogP contribution in [0.3, 0.4) is 0 Å². The van der Waals surface area contributed by atoms with Crippen molar-refractivity contribution in [2.24, 2.45) is 0 Å². The molecular formula is C7H5Br2ClO. The molecule has 1 rings (SSSR count). The van der Waals surface area contributed by atoms with Crippen LogP contribution in [-0.2, 0) is 0 Å². The van der Waals surface area contributed by atoms with E-state index in [1.807, 2.05) is 0 Å². The molecule has 0 unspecified atom stereocenters. The third kappa shape index (κ3) is 1.71. The molecule has 4 heteroatoms. The molecule has 1 aromatic carbocycles. The van der Waals surface area contributed by atoms with Gasteiger partial charge < -0.3 is 5.11 Å². The maximum atomic E-state index is 9.27. The molecule has 0 saturated carbocycles. The van der Waals surface area contributed by atoms with Crippen molar-refractivity contribution in [3.63, 3.8) is 0 Å². The molecule has 1 nitrogen and oxygen atoms in total. The van der Waals surface area contributed by atoms with Gasteiger partial charge in [0, 0.05) is 10.0 Å². The quantitative estimate of drug-likeness (QED) is 0.721. The molecule has 0 radical (unpaired) electrons. The van der Waals surface area contributed by atoms with Gasteiger partial charge in [-0.2, -0.15) is 0 Å². The molecule has 1 aromatic rings. The van der Waals surface area contributed by atoms with Crippen LogP contribution in [0.5, 0.6) is 5.75 Å². The summed E-state index contributed by atoms with van der Waals surface area (Å²) in [6.07, 6.45) is 0. The minimum atomic E-state index is 0.199. The first-order valence-electron chi connectivity index (χ1n) is 2.87. The van der Waals surface area contributed by atoms with Crippen LogP contribution in [-0.4, -0.2) is 5.11 Å². The lowest BCUT2D eigenvalue weighted by Gasteiger charge is -2.05. The second kappa shape index (κ2) is 3.33. The van der Waals surface area contributed by atoms with Crippen LogP contribution in [0.4, 0.5) is 0 Å². The second-order valence-electron chi connectivity index (χ2n) is 2.13. The molecular weight excluding hydrogens is 295 g/mol. The first kappa shape index (κ1) is 9.36. The second-order valence-corrected chi connectivity index (χ2v) is 4.16. The fraction of sp³-hybridized carbons (Fsp3) is 0.143. The lowest BCUT2D eigenvalue weighted by atomic mass is 10.2. The smallest absolute Gasteiger partial charge is 0.121 e. The topological polar surface area (TPSA) is 20.2 Å². The van der Waals surface area contributed by atoms with E-state index in [0.29, 0.717) is 10.6 Å². The van der Waals surface area contributed by atoms with Gasteiger partial charge in [-0.25, -0.2) is 0 Å². The molecule has 0 bridgehead atoms. The van der Waals surface area contributed by atoms with Crippen LogP contribution in [0, 0.1) is 6.92 Å². The number of halogens is 3. The molecule has 0 aliphatic rings. The van der Waals surface area contributed by atoms with Crippen LogP contribution >= 0.6 is 43.5 Å². The molecule has 0 saturated heterocycles. The summed E-state index contributed by atoms with van der Waals surface area (Å²) < 4.78 is 1.53. The van der Waals surface area contributed by atoms with Gasteiger partial charge >= 0.3 is 0 Å². The Morgan fingerprint density at radius 1 is 1.45 bits per heavy atom. The molecule has 0 aliphatic heterocycles. The summed E-state index contributed by atoms with van der Waals surface area (Å²) in [5, 5.41) is 9.81. The highest BCUT2D eigenvalue weighted by molar-refractivity contribution is 9.13. The van der Waals surface area contributed by atoms with E-state index >= 15 is 0 Å². The van der Waals surface area contributed by atoms with Gasteiger partial charge in [0.15, 0.2) is 0 Å². The molecule has 0 atom stereocenters. The number of hydrogen-bond acceptors (Lipinski definition) is 1. The lowest BCUT2D eigenvalue weighted by molar-refractivity contribution is 0.470. The summed E-state index contributed by atoms with van der Waals surface area (Å²) >= 11 is 12.4. The standard InChI is InChI=1S/C7H5Br2ClO/c1-3-5(11)2-4(8)6(9)7(3)10/h2,11H,1H3. The van der Waals surface area contributed by atoms with E-state index in [4.69, 9.17) is 11.6 Å². The number of aromatic hydroxyl groups is 1. The average Bonchev–Trinajstić information content (AvgIpc) is 1.97. The normalized spacial score (nSPS) is 10.2. The largest absolute Gasteiger partial charge is 0.508 e. The van der Waals surface area contributed by atoms with E-state index in [2.05, 4.69) is 31.9 Å². The highest BCUT2D eigenvalue weighted by Gasteiger charge is 2.08. The van der Waals surface area contributed by atoms with Crippen LogP contribution in [0.2, 0.25) is 5.02 Å². The predicted octanol–water partition coefficient (Wildman–Crippen LogP) is 3.88. The Morgan fingerprint density at radius 2 is 2.00 bits per heavy atom. The summed E-state index contributed by atoms with van der Waals surface area (Å²) in [4.78, 5) is 0. The number of phenolic OH excluding ortho intramolecular Hbond substituents is 1. The van der Waals surface area contributed by atoms with Gasteiger partial charge in [-0.3, -0.25) is 0 Å². The van der Waals surface area contributed by atoms with E-state index in [1.54, 1.807) is 13.0 Å². The zero-order chi connectivity index (χ0) is 8.59. The van der Waals surface area contributed by atoms with Gasteiger partial charge in [-0.05, 0) is 44.8 Å². The van der Waals surface area contributed by atoms with E-state index in [1.165, 1.54) is 0 Å². The van der Waals surface area contributed by atoms with Gasteiger partial charge in [-0.15, -0.1) is 0 Å². The van der Waals surface area contributed by atoms with E-state index in [-0.39, 0.29) is 5.75 Å².